The summed E-state index contributed by atoms with van der Waals surface area (Å²) in [5, 5.41) is -0.181. The summed E-state index contributed by atoms with van der Waals surface area (Å²) in [6.45, 7) is 3.29. The lowest BCUT2D eigenvalue weighted by Crippen LogP contribution is -2.40. The molecule has 12 nitrogen and oxygen atoms in total. The molecule has 0 aromatic carbocycles. The van der Waals surface area contributed by atoms with Gasteiger partial charge in [-0.25, -0.2) is 4.98 Å². The lowest BCUT2D eigenvalue weighted by Gasteiger charge is -2.23. The topological polar surface area (TPSA) is 152 Å². The maximum Gasteiger partial charge on any atom is 0.303 e. The number of hydrogen-bond acceptors (Lipinski definition) is 10. The van der Waals surface area contributed by atoms with E-state index < -0.39 is 48.0 Å². The van der Waals surface area contributed by atoms with Crippen LogP contribution < -0.4 is 5.56 Å². The fraction of sp³-hybridized carbons (Fsp3) is 0.500. The number of imidazole rings is 1. The number of aromatic nitrogens is 4. The van der Waals surface area contributed by atoms with Crippen LogP contribution in [0.3, 0.4) is 0 Å². The molecule has 29 heavy (non-hydrogen) atoms. The highest BCUT2D eigenvalue weighted by Gasteiger charge is 2.51. The van der Waals surface area contributed by atoms with Crippen LogP contribution in [0.4, 0.5) is 0 Å². The Hall–Kier alpha value is -2.99. The highest BCUT2D eigenvalue weighted by molar-refractivity contribution is 6.28. The predicted molar refractivity (Wildman–Crippen MR) is 94.8 cm³/mol. The molecule has 3 rings (SSSR count). The van der Waals surface area contributed by atoms with Crippen LogP contribution >= 0.6 is 11.6 Å². The first kappa shape index (κ1) is 20.7. The second-order valence-electron chi connectivity index (χ2n) is 6.20. The molecule has 0 radical (unpaired) electrons. The van der Waals surface area contributed by atoms with Gasteiger partial charge in [-0.1, -0.05) is 0 Å². The van der Waals surface area contributed by atoms with Crippen molar-refractivity contribution in [2.75, 3.05) is 6.61 Å². The molecular formula is C16H17ClN4O8. The van der Waals surface area contributed by atoms with E-state index in [1.807, 2.05) is 0 Å². The van der Waals surface area contributed by atoms with Crippen molar-refractivity contribution in [3.8, 4) is 0 Å². The average molecular weight is 429 g/mol. The first-order valence-electron chi connectivity index (χ1n) is 8.43. The quantitative estimate of drug-likeness (QED) is 0.394. The molecule has 0 bridgehead atoms. The molecular weight excluding hydrogens is 412 g/mol. The molecule has 13 heteroatoms. The van der Waals surface area contributed by atoms with Crippen LogP contribution in [0.15, 0.2) is 11.1 Å². The highest BCUT2D eigenvalue weighted by atomic mass is 35.5. The number of carbonyl (C=O) groups is 3. The summed E-state index contributed by atoms with van der Waals surface area (Å²) in [6, 6.07) is 0. The van der Waals surface area contributed by atoms with Gasteiger partial charge in [-0.3, -0.25) is 28.7 Å². The molecule has 4 atom stereocenters. The summed E-state index contributed by atoms with van der Waals surface area (Å²) in [4.78, 5) is 56.8. The average Bonchev–Trinajstić information content (AvgIpc) is 3.15. The van der Waals surface area contributed by atoms with E-state index in [0.717, 1.165) is 0 Å². The number of esters is 3. The van der Waals surface area contributed by atoms with E-state index in [1.165, 1.54) is 31.7 Å². The van der Waals surface area contributed by atoms with Crippen molar-refractivity contribution in [1.29, 1.82) is 0 Å². The van der Waals surface area contributed by atoms with E-state index in [4.69, 9.17) is 30.5 Å². The first-order valence-corrected chi connectivity index (χ1v) is 8.80. The highest BCUT2D eigenvalue weighted by Crippen LogP contribution is 2.35. The van der Waals surface area contributed by atoms with Gasteiger partial charge in [-0.15, -0.1) is 0 Å². The SMILES string of the molecule is CC(=O)OC[C@H]1O[C@@H](n2cnc3c(=O)[nH]c(Cl)nc32)[C@H](OC(C)=O)[C@@H]1OC(C)=O. The van der Waals surface area contributed by atoms with Gasteiger partial charge in [0.05, 0.1) is 6.33 Å². The van der Waals surface area contributed by atoms with Crippen molar-refractivity contribution in [2.45, 2.75) is 45.3 Å². The number of rotatable bonds is 5. The fourth-order valence-corrected chi connectivity index (χ4v) is 3.17. The van der Waals surface area contributed by atoms with E-state index in [1.54, 1.807) is 0 Å². The Labute approximate surface area is 168 Å². The summed E-state index contributed by atoms with van der Waals surface area (Å²) >= 11 is 5.83. The summed E-state index contributed by atoms with van der Waals surface area (Å²) in [5.74, 6) is -1.89. The second-order valence-corrected chi connectivity index (χ2v) is 6.55. The standard InChI is InChI=1S/C16H17ClN4O8/c1-6(22)26-4-9-11(27-7(2)23)12(28-8(3)24)15(29-9)21-5-18-10-13(21)19-16(17)20-14(10)25/h5,9,11-12,15H,4H2,1-3H3,(H,19,20,25)/t9-,11-,12-,15-/m1/s1. The number of halogens is 1. The number of hydrogen-bond donors (Lipinski definition) is 1. The van der Waals surface area contributed by atoms with E-state index in [9.17, 15) is 19.2 Å². The molecule has 1 aliphatic heterocycles. The summed E-state index contributed by atoms with van der Waals surface area (Å²) < 4.78 is 22.8. The molecule has 1 fully saturated rings. The molecule has 1 aliphatic rings. The fourth-order valence-electron chi connectivity index (χ4n) is 3.00. The van der Waals surface area contributed by atoms with E-state index in [0.29, 0.717) is 0 Å². The van der Waals surface area contributed by atoms with Crippen molar-refractivity contribution in [2.24, 2.45) is 0 Å². The molecule has 2 aromatic heterocycles. The number of ether oxygens (including phenoxy) is 4. The molecule has 0 unspecified atom stereocenters. The van der Waals surface area contributed by atoms with E-state index >= 15 is 0 Å². The minimum Gasteiger partial charge on any atom is -0.463 e. The van der Waals surface area contributed by atoms with E-state index in [-0.39, 0.29) is 23.1 Å². The number of nitrogens with one attached hydrogen (secondary N) is 1. The van der Waals surface area contributed by atoms with Gasteiger partial charge in [0, 0.05) is 20.8 Å². The number of nitrogens with zero attached hydrogens (tertiary/aromatic N) is 3. The van der Waals surface area contributed by atoms with Gasteiger partial charge in [0.2, 0.25) is 5.28 Å². The van der Waals surface area contributed by atoms with Crippen LogP contribution in [0.25, 0.3) is 11.2 Å². The van der Waals surface area contributed by atoms with Gasteiger partial charge in [0.1, 0.15) is 12.7 Å². The van der Waals surface area contributed by atoms with Gasteiger partial charge < -0.3 is 18.9 Å². The van der Waals surface area contributed by atoms with Gasteiger partial charge in [-0.05, 0) is 11.6 Å². The predicted octanol–water partition coefficient (Wildman–Crippen LogP) is 0.0969. The second kappa shape index (κ2) is 8.17. The van der Waals surface area contributed by atoms with Crippen LogP contribution in [0, 0.1) is 0 Å². The van der Waals surface area contributed by atoms with Crippen LogP contribution in [-0.2, 0) is 33.3 Å². The Morgan fingerprint density at radius 3 is 2.45 bits per heavy atom. The van der Waals surface area contributed by atoms with Crippen molar-refractivity contribution in [1.82, 2.24) is 19.5 Å². The number of H-pyrrole nitrogens is 1. The summed E-state index contributed by atoms with van der Waals surface area (Å²) in [6.07, 6.45) is -3.00. The molecule has 1 saturated heterocycles. The monoisotopic (exact) mass is 428 g/mol. The molecule has 0 saturated carbocycles. The smallest absolute Gasteiger partial charge is 0.303 e. The Morgan fingerprint density at radius 2 is 1.83 bits per heavy atom. The largest absolute Gasteiger partial charge is 0.463 e. The Kier molecular flexibility index (Phi) is 5.84. The Morgan fingerprint density at radius 1 is 1.17 bits per heavy atom. The van der Waals surface area contributed by atoms with Gasteiger partial charge in [-0.2, -0.15) is 4.98 Å². The van der Waals surface area contributed by atoms with Crippen molar-refractivity contribution in [3.05, 3.63) is 22.0 Å². The lowest BCUT2D eigenvalue weighted by molar-refractivity contribution is -0.166. The Balaban J connectivity index is 2.05. The molecule has 156 valence electrons. The summed E-state index contributed by atoms with van der Waals surface area (Å²) in [5.41, 5.74) is -0.531. The third kappa shape index (κ3) is 4.38. The Bertz CT molecular complexity index is 1020. The van der Waals surface area contributed by atoms with Gasteiger partial charge in [0.15, 0.2) is 29.6 Å². The lowest BCUT2D eigenvalue weighted by atomic mass is 10.1. The van der Waals surface area contributed by atoms with Crippen LogP contribution in [0.5, 0.6) is 0 Å². The molecule has 3 heterocycles. The van der Waals surface area contributed by atoms with Crippen LogP contribution in [0.1, 0.15) is 27.0 Å². The minimum atomic E-state index is -1.13. The van der Waals surface area contributed by atoms with Crippen molar-refractivity contribution in [3.63, 3.8) is 0 Å². The van der Waals surface area contributed by atoms with Crippen LogP contribution in [0.2, 0.25) is 5.28 Å². The molecule has 2 aromatic rings. The van der Waals surface area contributed by atoms with Crippen molar-refractivity contribution >= 4 is 40.7 Å². The summed E-state index contributed by atoms with van der Waals surface area (Å²) in [7, 11) is 0. The molecule has 1 N–H and O–H groups in total. The minimum absolute atomic E-state index is 0.0213. The first-order chi connectivity index (χ1) is 13.7. The third-order valence-electron chi connectivity index (χ3n) is 4.02. The zero-order valence-corrected chi connectivity index (χ0v) is 16.3. The van der Waals surface area contributed by atoms with E-state index in [2.05, 4.69) is 15.0 Å². The molecule has 0 amide bonds. The normalized spacial score (nSPS) is 23.7. The maximum atomic E-state index is 12.0. The maximum absolute atomic E-state index is 12.0. The van der Waals surface area contributed by atoms with Gasteiger partial charge in [0.25, 0.3) is 5.56 Å². The van der Waals surface area contributed by atoms with Crippen LogP contribution in [-0.4, -0.2) is 62.3 Å². The number of fused-ring (bicyclic) bond motifs is 1. The number of aromatic amines is 1. The van der Waals surface area contributed by atoms with Gasteiger partial charge >= 0.3 is 17.9 Å². The van der Waals surface area contributed by atoms with Crippen molar-refractivity contribution < 1.29 is 33.3 Å². The molecule has 0 aliphatic carbocycles. The molecule has 0 spiro atoms. The zero-order valence-electron chi connectivity index (χ0n) is 15.6. The number of carbonyl (C=O) groups excluding carboxylic acids is 3. The third-order valence-corrected chi connectivity index (χ3v) is 4.20. The zero-order chi connectivity index (χ0) is 21.3.